The molecule has 0 bridgehead atoms. The Kier molecular flexibility index (Phi) is 3.63. The minimum absolute atomic E-state index is 0.150. The molecule has 0 aliphatic carbocycles. The van der Waals surface area contributed by atoms with Gasteiger partial charge in [-0.25, -0.2) is 8.78 Å². The Balaban J connectivity index is 2.24. The van der Waals surface area contributed by atoms with E-state index in [1.54, 1.807) is 12.1 Å². The van der Waals surface area contributed by atoms with E-state index in [4.69, 9.17) is 5.73 Å². The van der Waals surface area contributed by atoms with Gasteiger partial charge in [0.05, 0.1) is 20.0 Å². The van der Waals surface area contributed by atoms with Crippen LogP contribution < -0.4 is 11.1 Å². The summed E-state index contributed by atoms with van der Waals surface area (Å²) in [5.41, 5.74) is 4.94. The Morgan fingerprint density at radius 1 is 1.28 bits per heavy atom. The van der Waals surface area contributed by atoms with Gasteiger partial charge in [-0.3, -0.25) is 4.79 Å². The molecule has 0 unspecified atom stereocenters. The quantitative estimate of drug-likeness (QED) is 0.825. The van der Waals surface area contributed by atoms with Crippen molar-refractivity contribution in [3.63, 3.8) is 0 Å². The van der Waals surface area contributed by atoms with Gasteiger partial charge in [-0.15, -0.1) is 11.3 Å². The Bertz CT molecular complexity index is 615. The van der Waals surface area contributed by atoms with Crippen molar-refractivity contribution >= 4 is 44.5 Å². The molecule has 1 aromatic heterocycles. The van der Waals surface area contributed by atoms with E-state index in [-0.39, 0.29) is 11.4 Å². The average Bonchev–Trinajstić information content (AvgIpc) is 2.73. The number of nitrogens with one attached hydrogen (secondary N) is 1. The molecular weight excluding hydrogens is 326 g/mol. The fourth-order valence-electron chi connectivity index (χ4n) is 1.28. The molecule has 0 radical (unpaired) electrons. The van der Waals surface area contributed by atoms with Gasteiger partial charge < -0.3 is 11.1 Å². The zero-order chi connectivity index (χ0) is 13.3. The monoisotopic (exact) mass is 332 g/mol. The number of carbonyl (C=O) groups is 1. The predicted molar refractivity (Wildman–Crippen MR) is 70.7 cm³/mol. The van der Waals surface area contributed by atoms with E-state index in [0.29, 0.717) is 10.9 Å². The Hall–Kier alpha value is -1.47. The van der Waals surface area contributed by atoms with Crippen molar-refractivity contribution in [3.05, 3.63) is 44.6 Å². The van der Waals surface area contributed by atoms with Crippen molar-refractivity contribution in [2.45, 2.75) is 0 Å². The number of amides is 1. The molecule has 0 atom stereocenters. The molecule has 94 valence electrons. The average molecular weight is 333 g/mol. The van der Waals surface area contributed by atoms with Gasteiger partial charge in [0, 0.05) is 6.07 Å². The van der Waals surface area contributed by atoms with Crippen molar-refractivity contribution in [2.24, 2.45) is 0 Å². The maximum Gasteiger partial charge on any atom is 0.265 e. The first-order valence-corrected chi connectivity index (χ1v) is 6.39. The number of nitrogen functional groups attached to an aromatic ring is 1. The molecule has 0 aliphatic rings. The van der Waals surface area contributed by atoms with Crippen molar-refractivity contribution in [1.29, 1.82) is 0 Å². The topological polar surface area (TPSA) is 55.1 Å². The second kappa shape index (κ2) is 5.03. The van der Waals surface area contributed by atoms with Crippen LogP contribution in [0.3, 0.4) is 0 Å². The van der Waals surface area contributed by atoms with Gasteiger partial charge in [-0.05, 0) is 34.1 Å². The Labute approximate surface area is 114 Å². The second-order valence-electron chi connectivity index (χ2n) is 3.41. The van der Waals surface area contributed by atoms with E-state index in [2.05, 4.69) is 21.2 Å². The number of nitrogens with two attached hydrogens (primary N) is 1. The van der Waals surface area contributed by atoms with Gasteiger partial charge in [-0.1, -0.05) is 0 Å². The van der Waals surface area contributed by atoms with Crippen LogP contribution in [0.25, 0.3) is 0 Å². The molecule has 1 aromatic carbocycles. The Morgan fingerprint density at radius 3 is 2.61 bits per heavy atom. The molecule has 3 nitrogen and oxygen atoms in total. The van der Waals surface area contributed by atoms with Crippen LogP contribution in [-0.4, -0.2) is 5.91 Å². The van der Waals surface area contributed by atoms with Gasteiger partial charge in [0.1, 0.15) is 11.6 Å². The second-order valence-corrected chi connectivity index (χ2v) is 5.87. The molecule has 18 heavy (non-hydrogen) atoms. The van der Waals surface area contributed by atoms with E-state index in [1.807, 2.05) is 0 Å². The SMILES string of the molecule is Nc1cc(NC(=O)c2ccc(Br)s2)c(F)cc1F. The largest absolute Gasteiger partial charge is 0.396 e. The summed E-state index contributed by atoms with van der Waals surface area (Å²) in [6.45, 7) is 0. The number of halogens is 3. The lowest BCUT2D eigenvalue weighted by molar-refractivity contribution is 0.103. The first kappa shape index (κ1) is 13.0. The molecule has 0 spiro atoms. The summed E-state index contributed by atoms with van der Waals surface area (Å²) in [6, 6.07) is 4.98. The predicted octanol–water partition coefficient (Wildman–Crippen LogP) is 3.62. The number of benzene rings is 1. The van der Waals surface area contributed by atoms with E-state index >= 15 is 0 Å². The van der Waals surface area contributed by atoms with Crippen LogP contribution in [0.1, 0.15) is 9.67 Å². The normalized spacial score (nSPS) is 10.4. The first-order chi connectivity index (χ1) is 8.47. The first-order valence-electron chi connectivity index (χ1n) is 4.78. The summed E-state index contributed by atoms with van der Waals surface area (Å²) in [4.78, 5) is 12.2. The molecule has 7 heteroatoms. The third kappa shape index (κ3) is 2.68. The van der Waals surface area contributed by atoms with Crippen LogP contribution in [0.15, 0.2) is 28.1 Å². The Morgan fingerprint density at radius 2 is 2.00 bits per heavy atom. The number of anilines is 2. The lowest BCUT2D eigenvalue weighted by atomic mass is 10.2. The molecule has 1 amide bonds. The summed E-state index contributed by atoms with van der Waals surface area (Å²) in [6.07, 6.45) is 0. The molecule has 0 aliphatic heterocycles. The van der Waals surface area contributed by atoms with Crippen LogP contribution >= 0.6 is 27.3 Å². The summed E-state index contributed by atoms with van der Waals surface area (Å²) in [5.74, 6) is -2.20. The van der Waals surface area contributed by atoms with Gasteiger partial charge in [0.25, 0.3) is 5.91 Å². The zero-order valence-corrected chi connectivity index (χ0v) is 11.2. The molecule has 0 saturated carbocycles. The van der Waals surface area contributed by atoms with Gasteiger partial charge in [0.15, 0.2) is 0 Å². The standard InChI is InChI=1S/C11H7BrF2N2OS/c12-10-2-1-9(18-10)11(17)16-8-4-7(15)5(13)3-6(8)14/h1-4H,15H2,(H,16,17). The van der Waals surface area contributed by atoms with Crippen LogP contribution in [0.5, 0.6) is 0 Å². The van der Waals surface area contributed by atoms with Gasteiger partial charge in [-0.2, -0.15) is 0 Å². The zero-order valence-electron chi connectivity index (χ0n) is 8.84. The van der Waals surface area contributed by atoms with E-state index < -0.39 is 17.5 Å². The highest BCUT2D eigenvalue weighted by atomic mass is 79.9. The highest BCUT2D eigenvalue weighted by molar-refractivity contribution is 9.11. The van der Waals surface area contributed by atoms with Crippen molar-refractivity contribution < 1.29 is 13.6 Å². The summed E-state index contributed by atoms with van der Waals surface area (Å²) < 4.78 is 27.1. The number of carbonyl (C=O) groups excluding carboxylic acids is 1. The van der Waals surface area contributed by atoms with E-state index in [1.165, 1.54) is 11.3 Å². The fourth-order valence-corrected chi connectivity index (χ4v) is 2.56. The lowest BCUT2D eigenvalue weighted by Crippen LogP contribution is -2.12. The molecular formula is C11H7BrF2N2OS. The van der Waals surface area contributed by atoms with E-state index in [0.717, 1.165) is 9.85 Å². The molecule has 2 rings (SSSR count). The molecule has 1 heterocycles. The number of thiophene rings is 1. The van der Waals surface area contributed by atoms with Crippen molar-refractivity contribution in [3.8, 4) is 0 Å². The highest BCUT2D eigenvalue weighted by Crippen LogP contribution is 2.25. The summed E-state index contributed by atoms with van der Waals surface area (Å²) in [7, 11) is 0. The number of hydrogen-bond acceptors (Lipinski definition) is 3. The maximum atomic E-state index is 13.4. The number of hydrogen-bond donors (Lipinski definition) is 2. The number of rotatable bonds is 2. The third-order valence-corrected chi connectivity index (χ3v) is 3.75. The van der Waals surface area contributed by atoms with Crippen LogP contribution in [0.4, 0.5) is 20.2 Å². The third-order valence-electron chi connectivity index (χ3n) is 2.13. The van der Waals surface area contributed by atoms with Crippen LogP contribution in [-0.2, 0) is 0 Å². The van der Waals surface area contributed by atoms with Crippen LogP contribution in [0, 0.1) is 11.6 Å². The summed E-state index contributed by atoms with van der Waals surface area (Å²) >= 11 is 4.42. The van der Waals surface area contributed by atoms with Crippen molar-refractivity contribution in [1.82, 2.24) is 0 Å². The smallest absolute Gasteiger partial charge is 0.265 e. The summed E-state index contributed by atoms with van der Waals surface area (Å²) in [5, 5.41) is 2.34. The fraction of sp³-hybridized carbons (Fsp3) is 0. The molecule has 2 aromatic rings. The van der Waals surface area contributed by atoms with Gasteiger partial charge >= 0.3 is 0 Å². The molecule has 0 saturated heterocycles. The highest BCUT2D eigenvalue weighted by Gasteiger charge is 2.13. The lowest BCUT2D eigenvalue weighted by Gasteiger charge is -2.06. The van der Waals surface area contributed by atoms with Crippen LogP contribution in [0.2, 0.25) is 0 Å². The van der Waals surface area contributed by atoms with Crippen molar-refractivity contribution in [2.75, 3.05) is 11.1 Å². The van der Waals surface area contributed by atoms with Gasteiger partial charge in [0.2, 0.25) is 0 Å². The molecule has 0 fully saturated rings. The maximum absolute atomic E-state index is 13.4. The molecule has 3 N–H and O–H groups in total. The minimum atomic E-state index is -0.870. The van der Waals surface area contributed by atoms with E-state index in [9.17, 15) is 13.6 Å². The minimum Gasteiger partial charge on any atom is -0.396 e.